The number of fused-ring (bicyclic) bond motifs is 1. The monoisotopic (exact) mass is 532 g/mol. The van der Waals surface area contributed by atoms with Gasteiger partial charge in [-0.15, -0.1) is 0 Å². The predicted molar refractivity (Wildman–Crippen MR) is 139 cm³/mol. The third kappa shape index (κ3) is 5.49. The number of amides is 1. The van der Waals surface area contributed by atoms with Gasteiger partial charge < -0.3 is 34.6 Å². The average molecular weight is 533 g/mol. The van der Waals surface area contributed by atoms with Gasteiger partial charge in [0.05, 0.1) is 30.8 Å². The van der Waals surface area contributed by atoms with Crippen molar-refractivity contribution in [1.82, 2.24) is 14.9 Å². The second kappa shape index (κ2) is 10.8. The van der Waals surface area contributed by atoms with E-state index in [1.165, 1.54) is 12.3 Å². The number of ether oxygens (including phenoxy) is 3. The first-order chi connectivity index (χ1) is 17.8. The van der Waals surface area contributed by atoms with Crippen LogP contribution >= 0.6 is 11.6 Å². The molecule has 2 N–H and O–H groups in total. The number of hydrogen-bond donors (Lipinski definition) is 2. The van der Waals surface area contributed by atoms with Crippen LogP contribution < -0.4 is 20.3 Å². The van der Waals surface area contributed by atoms with E-state index in [1.54, 1.807) is 0 Å². The molecule has 2 aromatic rings. The van der Waals surface area contributed by atoms with E-state index in [-0.39, 0.29) is 36.0 Å². The summed E-state index contributed by atoms with van der Waals surface area (Å²) in [6.45, 7) is 8.49. The van der Waals surface area contributed by atoms with Gasteiger partial charge in [-0.1, -0.05) is 18.2 Å². The molecule has 5 rings (SSSR count). The molecule has 0 saturated carbocycles. The van der Waals surface area contributed by atoms with Crippen LogP contribution in [0.1, 0.15) is 6.92 Å². The molecule has 198 valence electrons. The van der Waals surface area contributed by atoms with E-state index < -0.39 is 24.5 Å². The molecule has 3 fully saturated rings. The standard InChI is InChI=1S/C25H30ClFN6O4/c1-4-21(34)30-18-9-15(5-6-19(18)33-8-7-32(3)14(2)11-33)29-25-28-10-16(26)24(31-25)37-20-13-36-22-17(27)12-35-23(20)22/h4-6,9-10,14,17,20,22-23H,1,7-8,11-13H2,2-3H3,(H,30,34)(H,28,29,31)/t14-,17-,20-,22-,23-/m0/s1. The molecule has 12 heteroatoms. The van der Waals surface area contributed by atoms with Gasteiger partial charge in [0.15, 0.2) is 12.3 Å². The Hall–Kier alpha value is -2.99. The van der Waals surface area contributed by atoms with Gasteiger partial charge >= 0.3 is 0 Å². The smallest absolute Gasteiger partial charge is 0.247 e. The first-order valence-electron chi connectivity index (χ1n) is 12.2. The number of carbonyl (C=O) groups excluding carboxylic acids is 1. The topological polar surface area (TPSA) is 101 Å². The SMILES string of the molecule is C=CC(=O)Nc1cc(Nc2ncc(Cl)c(O[C@H]3CO[C@@H]4[C@H]3OC[C@@H]4F)n2)ccc1N1CCN(C)[C@@H](C)C1. The lowest BCUT2D eigenvalue weighted by Crippen LogP contribution is -2.50. The minimum Gasteiger partial charge on any atom is -0.468 e. The number of rotatable bonds is 7. The van der Waals surface area contributed by atoms with Crippen LogP contribution in [0.25, 0.3) is 0 Å². The first kappa shape index (κ1) is 25.7. The molecule has 0 spiro atoms. The maximum atomic E-state index is 13.9. The minimum absolute atomic E-state index is 0.0206. The summed E-state index contributed by atoms with van der Waals surface area (Å²) in [5.41, 5.74) is 2.22. The summed E-state index contributed by atoms with van der Waals surface area (Å²) in [4.78, 5) is 25.4. The van der Waals surface area contributed by atoms with Gasteiger partial charge in [0.1, 0.15) is 17.2 Å². The molecular formula is C25H30ClFN6O4. The Morgan fingerprint density at radius 2 is 2.11 bits per heavy atom. The van der Waals surface area contributed by atoms with Crippen LogP contribution in [0.15, 0.2) is 37.1 Å². The Balaban J connectivity index is 1.34. The zero-order valence-corrected chi connectivity index (χ0v) is 21.4. The van der Waals surface area contributed by atoms with Crippen molar-refractivity contribution in [3.8, 4) is 5.88 Å². The van der Waals surface area contributed by atoms with E-state index in [1.807, 2.05) is 18.2 Å². The highest BCUT2D eigenvalue weighted by molar-refractivity contribution is 6.31. The van der Waals surface area contributed by atoms with Gasteiger partial charge in [-0.3, -0.25) is 4.79 Å². The molecule has 1 aromatic heterocycles. The summed E-state index contributed by atoms with van der Waals surface area (Å²) in [6, 6.07) is 6.04. The number of anilines is 4. The van der Waals surface area contributed by atoms with Crippen LogP contribution in [-0.2, 0) is 14.3 Å². The maximum absolute atomic E-state index is 13.9. The summed E-state index contributed by atoms with van der Waals surface area (Å²) in [5, 5.41) is 6.26. The maximum Gasteiger partial charge on any atom is 0.247 e. The van der Waals surface area contributed by atoms with E-state index >= 15 is 0 Å². The van der Waals surface area contributed by atoms with Crippen molar-refractivity contribution in [2.75, 3.05) is 55.4 Å². The molecule has 3 aliphatic rings. The summed E-state index contributed by atoms with van der Waals surface area (Å²) in [5.74, 6) is 0.0795. The van der Waals surface area contributed by atoms with Gasteiger partial charge in [0.25, 0.3) is 0 Å². The van der Waals surface area contributed by atoms with E-state index in [2.05, 4.69) is 51.0 Å². The van der Waals surface area contributed by atoms with Crippen LogP contribution in [0.5, 0.6) is 5.88 Å². The third-order valence-electron chi connectivity index (χ3n) is 6.92. The van der Waals surface area contributed by atoms with Crippen molar-refractivity contribution < 1.29 is 23.4 Å². The molecule has 1 aromatic carbocycles. The molecule has 0 aliphatic carbocycles. The van der Waals surface area contributed by atoms with E-state index in [4.69, 9.17) is 25.8 Å². The summed E-state index contributed by atoms with van der Waals surface area (Å²) in [7, 11) is 2.11. The number of hydrogen-bond acceptors (Lipinski definition) is 9. The van der Waals surface area contributed by atoms with Crippen molar-refractivity contribution in [1.29, 1.82) is 0 Å². The molecule has 37 heavy (non-hydrogen) atoms. The molecule has 1 amide bonds. The highest BCUT2D eigenvalue weighted by atomic mass is 35.5. The van der Waals surface area contributed by atoms with Gasteiger partial charge in [-0.25, -0.2) is 9.37 Å². The molecule has 0 unspecified atom stereocenters. The van der Waals surface area contributed by atoms with E-state index in [0.29, 0.717) is 17.4 Å². The molecular weight excluding hydrogens is 503 g/mol. The fourth-order valence-electron chi connectivity index (χ4n) is 4.73. The lowest BCUT2D eigenvalue weighted by Gasteiger charge is -2.39. The van der Waals surface area contributed by atoms with Crippen LogP contribution in [0.4, 0.5) is 27.4 Å². The van der Waals surface area contributed by atoms with Crippen LogP contribution in [0.2, 0.25) is 5.02 Å². The van der Waals surface area contributed by atoms with E-state index in [9.17, 15) is 9.18 Å². The number of likely N-dealkylation sites (N-methyl/N-ethyl adjacent to an activating group) is 1. The summed E-state index contributed by atoms with van der Waals surface area (Å²) < 4.78 is 30.8. The van der Waals surface area contributed by atoms with Gasteiger partial charge in [0, 0.05) is 31.4 Å². The highest BCUT2D eigenvalue weighted by Gasteiger charge is 2.49. The quantitative estimate of drug-likeness (QED) is 0.521. The summed E-state index contributed by atoms with van der Waals surface area (Å²) >= 11 is 6.28. The van der Waals surface area contributed by atoms with Crippen molar-refractivity contribution in [3.05, 3.63) is 42.1 Å². The molecule has 0 bridgehead atoms. The fraction of sp³-hybridized carbons (Fsp3) is 0.480. The number of nitrogens with zero attached hydrogens (tertiary/aromatic N) is 4. The average Bonchev–Trinajstić information content (AvgIpc) is 3.46. The van der Waals surface area contributed by atoms with Gasteiger partial charge in [-0.2, -0.15) is 4.98 Å². The normalized spacial score (nSPS) is 27.6. The number of benzene rings is 1. The Bertz CT molecular complexity index is 1170. The van der Waals surface area contributed by atoms with Crippen LogP contribution in [0, 0.1) is 0 Å². The Labute approximate surface area is 219 Å². The number of aromatic nitrogens is 2. The molecule has 3 aliphatic heterocycles. The Morgan fingerprint density at radius 1 is 1.30 bits per heavy atom. The number of alkyl halides is 1. The number of piperazine rings is 1. The van der Waals surface area contributed by atoms with Crippen molar-refractivity contribution in [3.63, 3.8) is 0 Å². The highest BCUT2D eigenvalue weighted by Crippen LogP contribution is 2.34. The zero-order valence-electron chi connectivity index (χ0n) is 20.7. The van der Waals surface area contributed by atoms with Crippen LogP contribution in [-0.4, -0.2) is 91.2 Å². The zero-order chi connectivity index (χ0) is 26.1. The second-order valence-corrected chi connectivity index (χ2v) is 9.85. The van der Waals surface area contributed by atoms with Crippen molar-refractivity contribution in [2.24, 2.45) is 0 Å². The molecule has 5 atom stereocenters. The molecule has 3 saturated heterocycles. The van der Waals surface area contributed by atoms with Crippen molar-refractivity contribution >= 4 is 40.5 Å². The first-order valence-corrected chi connectivity index (χ1v) is 12.6. The third-order valence-corrected chi connectivity index (χ3v) is 7.18. The number of nitrogens with one attached hydrogen (secondary N) is 2. The lowest BCUT2D eigenvalue weighted by molar-refractivity contribution is -0.111. The number of halogens is 2. The largest absolute Gasteiger partial charge is 0.468 e. The number of carbonyl (C=O) groups is 1. The Kier molecular flexibility index (Phi) is 7.47. The molecule has 0 radical (unpaired) electrons. The fourth-order valence-corrected chi connectivity index (χ4v) is 4.86. The van der Waals surface area contributed by atoms with E-state index in [0.717, 1.165) is 25.3 Å². The molecule has 4 heterocycles. The van der Waals surface area contributed by atoms with Crippen molar-refractivity contribution in [2.45, 2.75) is 37.4 Å². The second-order valence-electron chi connectivity index (χ2n) is 9.44. The van der Waals surface area contributed by atoms with Crippen LogP contribution in [0.3, 0.4) is 0 Å². The van der Waals surface area contributed by atoms with Gasteiger partial charge in [0.2, 0.25) is 17.7 Å². The predicted octanol–water partition coefficient (Wildman–Crippen LogP) is 3.02. The Morgan fingerprint density at radius 3 is 2.89 bits per heavy atom. The molecule has 10 nitrogen and oxygen atoms in total. The lowest BCUT2D eigenvalue weighted by atomic mass is 10.1. The minimum atomic E-state index is -1.18. The summed E-state index contributed by atoms with van der Waals surface area (Å²) in [6.07, 6.45) is -0.208. The van der Waals surface area contributed by atoms with Gasteiger partial charge in [-0.05, 0) is 38.2 Å².